The lowest BCUT2D eigenvalue weighted by molar-refractivity contribution is 0.953. The zero-order chi connectivity index (χ0) is 10.3. The third kappa shape index (κ3) is 1.12. The molecule has 0 atom stereocenters. The zero-order valence-electron chi connectivity index (χ0n) is 8.62. The summed E-state index contributed by atoms with van der Waals surface area (Å²) in [6, 6.07) is 8.42. The van der Waals surface area contributed by atoms with E-state index in [1.165, 1.54) is 22.2 Å². The molecule has 0 saturated heterocycles. The molecule has 2 aromatic rings. The van der Waals surface area contributed by atoms with Crippen molar-refractivity contribution in [3.8, 4) is 11.8 Å². The van der Waals surface area contributed by atoms with Gasteiger partial charge in [0.15, 0.2) is 0 Å². The van der Waals surface area contributed by atoms with E-state index in [1.54, 1.807) is 0 Å². The Hall–Kier alpha value is -1.94. The Bertz CT molecular complexity index is 618. The molecule has 1 heteroatoms. The number of fused-ring (bicyclic) bond motifs is 3. The van der Waals surface area contributed by atoms with Crippen molar-refractivity contribution < 1.29 is 0 Å². The van der Waals surface area contributed by atoms with Crippen molar-refractivity contribution >= 4 is 17.0 Å². The van der Waals surface area contributed by atoms with Crippen LogP contribution in [0, 0.1) is 11.8 Å². The predicted octanol–water partition coefficient (Wildman–Crippen LogP) is 2.95. The summed E-state index contributed by atoms with van der Waals surface area (Å²) in [6.07, 6.45) is 5.13. The second-order valence-corrected chi connectivity index (χ2v) is 3.74. The van der Waals surface area contributed by atoms with Crippen molar-refractivity contribution in [3.05, 3.63) is 41.6 Å². The molecule has 1 aromatic carbocycles. The van der Waals surface area contributed by atoms with E-state index in [0.717, 1.165) is 6.42 Å². The third-order valence-corrected chi connectivity index (χ3v) is 2.86. The summed E-state index contributed by atoms with van der Waals surface area (Å²) in [4.78, 5) is 0. The van der Waals surface area contributed by atoms with Crippen LogP contribution in [-0.2, 0) is 7.05 Å². The van der Waals surface area contributed by atoms with Gasteiger partial charge in [0.1, 0.15) is 0 Å². The maximum absolute atomic E-state index is 3.26. The van der Waals surface area contributed by atoms with Gasteiger partial charge in [0, 0.05) is 24.4 Å². The van der Waals surface area contributed by atoms with Gasteiger partial charge in [-0.25, -0.2) is 0 Å². The van der Waals surface area contributed by atoms with E-state index in [1.807, 2.05) is 0 Å². The normalized spacial score (nSPS) is 13.1. The molecule has 0 spiro atoms. The minimum atomic E-state index is 0.850. The summed E-state index contributed by atoms with van der Waals surface area (Å²) in [7, 11) is 2.10. The van der Waals surface area contributed by atoms with E-state index < -0.39 is 0 Å². The Balaban J connectivity index is 2.51. The fourth-order valence-electron chi connectivity index (χ4n) is 2.11. The molecular weight excluding hydrogens is 182 g/mol. The molecule has 0 unspecified atom stereocenters. The first-order valence-electron chi connectivity index (χ1n) is 5.11. The highest BCUT2D eigenvalue weighted by atomic mass is 14.9. The number of hydrogen-bond acceptors (Lipinski definition) is 0. The number of para-hydroxylation sites is 1. The highest BCUT2D eigenvalue weighted by molar-refractivity contribution is 5.91. The van der Waals surface area contributed by atoms with Crippen LogP contribution in [-0.4, -0.2) is 4.57 Å². The van der Waals surface area contributed by atoms with Crippen LogP contribution in [0.4, 0.5) is 0 Å². The van der Waals surface area contributed by atoms with Gasteiger partial charge in [0.2, 0.25) is 0 Å². The standard InChI is InChI=1S/C14H11N/c1-15-13-9-4-2-3-7-11(13)12-8-5-6-10-14(12)15/h4-6,8-10H,2H2,1H3. The lowest BCUT2D eigenvalue weighted by Gasteiger charge is -1.98. The largest absolute Gasteiger partial charge is 0.343 e. The third-order valence-electron chi connectivity index (χ3n) is 2.86. The van der Waals surface area contributed by atoms with Crippen molar-refractivity contribution in [1.29, 1.82) is 0 Å². The molecule has 1 nitrogen and oxygen atoms in total. The molecule has 1 aliphatic rings. The Morgan fingerprint density at radius 1 is 1.27 bits per heavy atom. The van der Waals surface area contributed by atoms with Gasteiger partial charge in [-0.1, -0.05) is 36.1 Å². The second-order valence-electron chi connectivity index (χ2n) is 3.74. The van der Waals surface area contributed by atoms with Crippen LogP contribution < -0.4 is 0 Å². The molecule has 0 aliphatic heterocycles. The Labute approximate surface area is 89.0 Å². The van der Waals surface area contributed by atoms with Crippen LogP contribution in [0.1, 0.15) is 17.7 Å². The number of nitrogens with zero attached hydrogens (tertiary/aromatic N) is 1. The number of rotatable bonds is 0. The molecule has 72 valence electrons. The Kier molecular flexibility index (Phi) is 1.69. The average molecular weight is 193 g/mol. The maximum atomic E-state index is 3.26. The fraction of sp³-hybridized carbons (Fsp3) is 0.143. The minimum absolute atomic E-state index is 0.850. The second kappa shape index (κ2) is 3.03. The van der Waals surface area contributed by atoms with Crippen molar-refractivity contribution in [2.75, 3.05) is 0 Å². The summed E-state index contributed by atoms with van der Waals surface area (Å²) in [5.74, 6) is 6.41. The molecule has 0 radical (unpaired) electrons. The van der Waals surface area contributed by atoms with E-state index in [9.17, 15) is 0 Å². The Morgan fingerprint density at radius 3 is 3.07 bits per heavy atom. The first kappa shape index (κ1) is 8.38. The van der Waals surface area contributed by atoms with Gasteiger partial charge in [-0.05, 0) is 12.1 Å². The highest BCUT2D eigenvalue weighted by Gasteiger charge is 2.11. The van der Waals surface area contributed by atoms with E-state index in [-0.39, 0.29) is 0 Å². The molecule has 0 bridgehead atoms. The maximum Gasteiger partial charge on any atom is 0.0575 e. The molecule has 3 rings (SSSR count). The van der Waals surface area contributed by atoms with Crippen molar-refractivity contribution in [2.45, 2.75) is 6.42 Å². The van der Waals surface area contributed by atoms with E-state index in [0.29, 0.717) is 0 Å². The summed E-state index contributed by atoms with van der Waals surface area (Å²) in [5, 5.41) is 1.26. The number of aryl methyl sites for hydroxylation is 1. The van der Waals surface area contributed by atoms with Crippen LogP contribution in [0.3, 0.4) is 0 Å². The smallest absolute Gasteiger partial charge is 0.0575 e. The molecule has 0 N–H and O–H groups in total. The molecule has 1 aliphatic carbocycles. The summed E-state index contributed by atoms with van der Waals surface area (Å²) < 4.78 is 2.21. The van der Waals surface area contributed by atoms with Crippen molar-refractivity contribution in [3.63, 3.8) is 0 Å². The topological polar surface area (TPSA) is 4.93 Å². The number of allylic oxidation sites excluding steroid dienone is 1. The first-order chi connectivity index (χ1) is 7.38. The highest BCUT2D eigenvalue weighted by Crippen LogP contribution is 2.26. The van der Waals surface area contributed by atoms with Gasteiger partial charge in [-0.2, -0.15) is 0 Å². The first-order valence-corrected chi connectivity index (χ1v) is 5.11. The molecular formula is C14H11N. The molecule has 15 heavy (non-hydrogen) atoms. The van der Waals surface area contributed by atoms with Crippen LogP contribution >= 0.6 is 0 Å². The van der Waals surface area contributed by atoms with Crippen LogP contribution in [0.2, 0.25) is 0 Å². The van der Waals surface area contributed by atoms with Crippen molar-refractivity contribution in [1.82, 2.24) is 4.57 Å². The summed E-state index contributed by atoms with van der Waals surface area (Å²) >= 11 is 0. The number of benzene rings is 1. The molecule has 1 aromatic heterocycles. The van der Waals surface area contributed by atoms with Crippen LogP contribution in [0.25, 0.3) is 17.0 Å². The van der Waals surface area contributed by atoms with Gasteiger partial charge in [-0.15, -0.1) is 0 Å². The van der Waals surface area contributed by atoms with Gasteiger partial charge in [-0.3, -0.25) is 0 Å². The predicted molar refractivity (Wildman–Crippen MR) is 63.4 cm³/mol. The fourth-order valence-corrected chi connectivity index (χ4v) is 2.11. The van der Waals surface area contributed by atoms with Crippen LogP contribution in [0.5, 0.6) is 0 Å². The van der Waals surface area contributed by atoms with Gasteiger partial charge in [0.25, 0.3) is 0 Å². The van der Waals surface area contributed by atoms with E-state index in [2.05, 4.69) is 59.9 Å². The number of aromatic nitrogens is 1. The lowest BCUT2D eigenvalue weighted by atomic mass is 10.1. The van der Waals surface area contributed by atoms with Crippen LogP contribution in [0.15, 0.2) is 30.3 Å². The monoisotopic (exact) mass is 193 g/mol. The zero-order valence-corrected chi connectivity index (χ0v) is 8.62. The van der Waals surface area contributed by atoms with E-state index >= 15 is 0 Å². The summed E-state index contributed by atoms with van der Waals surface area (Å²) in [5.41, 5.74) is 3.64. The molecule has 0 saturated carbocycles. The van der Waals surface area contributed by atoms with Gasteiger partial charge < -0.3 is 4.57 Å². The molecule has 1 heterocycles. The number of hydrogen-bond donors (Lipinski definition) is 0. The molecule has 0 amide bonds. The van der Waals surface area contributed by atoms with Crippen molar-refractivity contribution in [2.24, 2.45) is 7.05 Å². The van der Waals surface area contributed by atoms with Gasteiger partial charge in [0.05, 0.1) is 11.3 Å². The average Bonchev–Trinajstić information content (AvgIpc) is 2.48. The van der Waals surface area contributed by atoms with E-state index in [4.69, 9.17) is 0 Å². The minimum Gasteiger partial charge on any atom is -0.343 e. The quantitative estimate of drug-likeness (QED) is 0.567. The van der Waals surface area contributed by atoms with Gasteiger partial charge >= 0.3 is 0 Å². The Morgan fingerprint density at radius 2 is 2.13 bits per heavy atom. The molecule has 0 fully saturated rings. The lowest BCUT2D eigenvalue weighted by Crippen LogP contribution is -1.90. The SMILES string of the molecule is Cn1c2c(c3ccccc31)C#CCC=C2. The summed E-state index contributed by atoms with van der Waals surface area (Å²) in [6.45, 7) is 0.